The Balaban J connectivity index is 1.65. The summed E-state index contributed by atoms with van der Waals surface area (Å²) < 4.78 is 7.80. The minimum Gasteiger partial charge on any atom is -0.460 e. The quantitative estimate of drug-likeness (QED) is 0.717. The third-order valence-electron chi connectivity index (χ3n) is 5.13. The van der Waals surface area contributed by atoms with Crippen molar-refractivity contribution in [3.8, 4) is 0 Å². The van der Waals surface area contributed by atoms with Crippen LogP contribution in [0.4, 0.5) is 0 Å². The Labute approximate surface area is 158 Å². The van der Waals surface area contributed by atoms with Crippen LogP contribution in [0.2, 0.25) is 0 Å². The first-order valence-corrected chi connectivity index (χ1v) is 9.21. The smallest absolute Gasteiger partial charge is 0.270 e. The fourth-order valence-corrected chi connectivity index (χ4v) is 3.67. The van der Waals surface area contributed by atoms with Crippen molar-refractivity contribution in [3.63, 3.8) is 0 Å². The highest BCUT2D eigenvalue weighted by molar-refractivity contribution is 5.98. The van der Waals surface area contributed by atoms with Gasteiger partial charge in [-0.1, -0.05) is 30.3 Å². The number of hydrogen-bond donors (Lipinski definition) is 0. The van der Waals surface area contributed by atoms with E-state index in [1.54, 1.807) is 11.8 Å². The van der Waals surface area contributed by atoms with Crippen LogP contribution in [0.3, 0.4) is 0 Å². The van der Waals surface area contributed by atoms with E-state index < -0.39 is 0 Å². The molecule has 1 aliphatic heterocycles. The van der Waals surface area contributed by atoms with Gasteiger partial charge in [0.2, 0.25) is 5.91 Å². The van der Waals surface area contributed by atoms with Gasteiger partial charge in [-0.3, -0.25) is 9.59 Å². The van der Waals surface area contributed by atoms with Crippen LogP contribution in [0, 0.1) is 6.92 Å². The maximum Gasteiger partial charge on any atom is 0.270 e. The van der Waals surface area contributed by atoms with E-state index in [2.05, 4.69) is 12.1 Å². The number of rotatable bonds is 3. The normalized spacial score (nSPS) is 14.7. The lowest BCUT2D eigenvalue weighted by Gasteiger charge is -2.34. The third kappa shape index (κ3) is 3.35. The van der Waals surface area contributed by atoms with E-state index in [0.29, 0.717) is 38.4 Å². The summed E-state index contributed by atoms with van der Waals surface area (Å²) in [5, 5.41) is 0. The summed E-state index contributed by atoms with van der Waals surface area (Å²) in [5.74, 6) is 0.872. The Morgan fingerprint density at radius 3 is 2.33 bits per heavy atom. The Bertz CT molecular complexity index is 979. The Kier molecular flexibility index (Phi) is 4.48. The van der Waals surface area contributed by atoms with Crippen molar-refractivity contribution in [3.05, 3.63) is 59.5 Å². The molecule has 0 bridgehead atoms. The predicted molar refractivity (Wildman–Crippen MR) is 103 cm³/mol. The van der Waals surface area contributed by atoms with Crippen molar-refractivity contribution in [1.29, 1.82) is 0 Å². The van der Waals surface area contributed by atoms with Gasteiger partial charge in [0.15, 0.2) is 5.58 Å². The zero-order valence-corrected chi connectivity index (χ0v) is 15.6. The van der Waals surface area contributed by atoms with E-state index in [1.165, 1.54) is 0 Å². The molecule has 27 heavy (non-hydrogen) atoms. The highest BCUT2D eigenvalue weighted by Crippen LogP contribution is 2.26. The van der Waals surface area contributed by atoms with Gasteiger partial charge in [-0.05, 0) is 12.5 Å². The number of carbonyl (C=O) groups excluding carboxylic acids is 2. The number of amides is 2. The van der Waals surface area contributed by atoms with E-state index in [4.69, 9.17) is 4.42 Å². The van der Waals surface area contributed by atoms with Gasteiger partial charge in [-0.15, -0.1) is 0 Å². The molecule has 1 fully saturated rings. The first-order chi connectivity index (χ1) is 13.0. The molecule has 6 nitrogen and oxygen atoms in total. The zero-order chi connectivity index (χ0) is 19.0. The van der Waals surface area contributed by atoms with Crippen molar-refractivity contribution in [1.82, 2.24) is 14.4 Å². The standard InChI is InChI=1S/C21H23N3O3/c1-15-12-18-20(27-15)13-19(24(18)14-17-6-4-3-5-7-17)21(26)23-10-8-22(9-11-23)16(2)25/h3-7,12-13H,8-11,14H2,1-2H3. The molecular formula is C21H23N3O3. The molecule has 0 saturated carbocycles. The van der Waals surface area contributed by atoms with Crippen molar-refractivity contribution in [2.45, 2.75) is 20.4 Å². The SMILES string of the molecule is CC(=O)N1CCN(C(=O)c2cc3oc(C)cc3n2Cc2ccccc2)CC1. The number of benzene rings is 1. The number of aryl methyl sites for hydroxylation is 1. The van der Waals surface area contributed by atoms with Gasteiger partial charge in [0, 0.05) is 51.8 Å². The molecule has 3 aromatic rings. The molecule has 6 heteroatoms. The molecule has 140 valence electrons. The fourth-order valence-electron chi connectivity index (χ4n) is 3.67. The van der Waals surface area contributed by atoms with Gasteiger partial charge < -0.3 is 18.8 Å². The van der Waals surface area contributed by atoms with E-state index in [9.17, 15) is 9.59 Å². The minimum absolute atomic E-state index is 0.0156. The fraction of sp³-hybridized carbons (Fsp3) is 0.333. The summed E-state index contributed by atoms with van der Waals surface area (Å²) in [5.41, 5.74) is 3.42. The number of piperazine rings is 1. The van der Waals surface area contributed by atoms with Gasteiger partial charge in [0.05, 0.1) is 5.52 Å². The van der Waals surface area contributed by atoms with Crippen LogP contribution in [-0.4, -0.2) is 52.4 Å². The Morgan fingerprint density at radius 1 is 1.00 bits per heavy atom. The molecule has 0 radical (unpaired) electrons. The molecule has 2 amide bonds. The molecule has 4 rings (SSSR count). The molecule has 1 saturated heterocycles. The van der Waals surface area contributed by atoms with E-state index in [0.717, 1.165) is 22.4 Å². The van der Waals surface area contributed by atoms with Crippen LogP contribution >= 0.6 is 0 Å². The summed E-state index contributed by atoms with van der Waals surface area (Å²) in [6.07, 6.45) is 0. The Morgan fingerprint density at radius 2 is 1.67 bits per heavy atom. The van der Waals surface area contributed by atoms with Gasteiger partial charge in [0.1, 0.15) is 11.5 Å². The molecule has 0 atom stereocenters. The van der Waals surface area contributed by atoms with Crippen molar-refractivity contribution >= 4 is 22.9 Å². The lowest BCUT2D eigenvalue weighted by atomic mass is 10.2. The zero-order valence-electron chi connectivity index (χ0n) is 15.6. The largest absolute Gasteiger partial charge is 0.460 e. The number of furan rings is 1. The van der Waals surface area contributed by atoms with E-state index in [-0.39, 0.29) is 11.8 Å². The number of fused-ring (bicyclic) bond motifs is 1. The second-order valence-corrected chi connectivity index (χ2v) is 7.01. The molecule has 2 aromatic heterocycles. The monoisotopic (exact) mass is 365 g/mol. The molecule has 0 unspecified atom stereocenters. The van der Waals surface area contributed by atoms with Crippen LogP contribution in [0.1, 0.15) is 28.7 Å². The summed E-state index contributed by atoms with van der Waals surface area (Å²) in [6.45, 7) is 6.35. The third-order valence-corrected chi connectivity index (χ3v) is 5.13. The summed E-state index contributed by atoms with van der Waals surface area (Å²) in [6, 6.07) is 13.9. The van der Waals surface area contributed by atoms with E-state index >= 15 is 0 Å². The van der Waals surface area contributed by atoms with Crippen molar-refractivity contribution in [2.24, 2.45) is 0 Å². The molecular weight excluding hydrogens is 342 g/mol. The average Bonchev–Trinajstić information content (AvgIpc) is 3.19. The van der Waals surface area contributed by atoms with Gasteiger partial charge >= 0.3 is 0 Å². The van der Waals surface area contributed by atoms with Crippen LogP contribution in [-0.2, 0) is 11.3 Å². The van der Waals surface area contributed by atoms with Crippen LogP contribution in [0.25, 0.3) is 11.1 Å². The number of hydrogen-bond acceptors (Lipinski definition) is 3. The topological polar surface area (TPSA) is 58.7 Å². The molecule has 3 heterocycles. The molecule has 1 aromatic carbocycles. The van der Waals surface area contributed by atoms with Gasteiger partial charge in [-0.25, -0.2) is 0 Å². The van der Waals surface area contributed by atoms with Gasteiger partial charge in [-0.2, -0.15) is 0 Å². The highest BCUT2D eigenvalue weighted by Gasteiger charge is 2.27. The van der Waals surface area contributed by atoms with Crippen LogP contribution in [0.15, 0.2) is 46.9 Å². The summed E-state index contributed by atoms with van der Waals surface area (Å²) in [7, 11) is 0. The molecule has 0 spiro atoms. The van der Waals surface area contributed by atoms with E-state index in [1.807, 2.05) is 46.7 Å². The average molecular weight is 365 g/mol. The van der Waals surface area contributed by atoms with Crippen molar-refractivity contribution in [2.75, 3.05) is 26.2 Å². The van der Waals surface area contributed by atoms with Crippen LogP contribution in [0.5, 0.6) is 0 Å². The first-order valence-electron chi connectivity index (χ1n) is 9.21. The molecule has 0 N–H and O–H groups in total. The lowest BCUT2D eigenvalue weighted by molar-refractivity contribution is -0.130. The molecule has 1 aliphatic rings. The minimum atomic E-state index is -0.0156. The van der Waals surface area contributed by atoms with Gasteiger partial charge in [0.25, 0.3) is 5.91 Å². The predicted octanol–water partition coefficient (Wildman–Crippen LogP) is 2.90. The second-order valence-electron chi connectivity index (χ2n) is 7.01. The highest BCUT2D eigenvalue weighted by atomic mass is 16.3. The van der Waals surface area contributed by atoms with Crippen molar-refractivity contribution < 1.29 is 14.0 Å². The second kappa shape index (κ2) is 6.95. The summed E-state index contributed by atoms with van der Waals surface area (Å²) >= 11 is 0. The Hall–Kier alpha value is -3.02. The van der Waals surface area contributed by atoms with Crippen LogP contribution < -0.4 is 0 Å². The summed E-state index contributed by atoms with van der Waals surface area (Å²) in [4.78, 5) is 28.3. The number of nitrogens with zero attached hydrogens (tertiary/aromatic N) is 3. The molecule has 0 aliphatic carbocycles. The maximum absolute atomic E-state index is 13.2. The maximum atomic E-state index is 13.2. The number of aromatic nitrogens is 1. The lowest BCUT2D eigenvalue weighted by Crippen LogP contribution is -2.50. The number of carbonyl (C=O) groups is 2. The first kappa shape index (κ1) is 17.4.